The number of carboxylic acid groups (broad SMARTS) is 4. The highest BCUT2D eigenvalue weighted by Crippen LogP contribution is 2.17. The summed E-state index contributed by atoms with van der Waals surface area (Å²) < 4.78 is 0. The van der Waals surface area contributed by atoms with Gasteiger partial charge in [-0.15, -0.1) is 0 Å². The van der Waals surface area contributed by atoms with E-state index in [1.54, 1.807) is 0 Å². The Morgan fingerprint density at radius 2 is 1.35 bits per heavy atom. The van der Waals surface area contributed by atoms with Crippen LogP contribution in [0.15, 0.2) is 24.3 Å². The Morgan fingerprint density at radius 1 is 0.892 bits per heavy atom. The quantitative estimate of drug-likeness (QED) is 0.0916. The zero-order valence-electron chi connectivity index (χ0n) is 18.6. The van der Waals surface area contributed by atoms with Crippen LogP contribution in [0.25, 0.3) is 0 Å². The number of benzene rings is 1. The second kappa shape index (κ2) is 16.6. The van der Waals surface area contributed by atoms with Crippen LogP contribution in [-0.2, 0) is 19.2 Å². The summed E-state index contributed by atoms with van der Waals surface area (Å²) in [6.45, 7) is -1.69. The van der Waals surface area contributed by atoms with E-state index < -0.39 is 84.6 Å². The summed E-state index contributed by atoms with van der Waals surface area (Å²) in [5.74, 6) is -7.31. The zero-order chi connectivity index (χ0) is 29.5. The highest BCUT2D eigenvalue weighted by atomic mass is 16.6. The van der Waals surface area contributed by atoms with E-state index in [0.29, 0.717) is 0 Å². The second-order valence-corrected chi connectivity index (χ2v) is 6.87. The number of aromatic carboxylic acids is 1. The third-order valence-electron chi connectivity index (χ3n) is 4.01. The Morgan fingerprint density at radius 3 is 1.65 bits per heavy atom. The fourth-order valence-electron chi connectivity index (χ4n) is 2.13. The number of aliphatic carboxylic acids is 3. The van der Waals surface area contributed by atoms with Crippen molar-refractivity contribution in [2.75, 3.05) is 13.2 Å². The number of nitro groups is 1. The van der Waals surface area contributed by atoms with Crippen LogP contribution >= 0.6 is 0 Å². The van der Waals surface area contributed by atoms with E-state index >= 15 is 0 Å². The molecule has 10 N–H and O–H groups in total. The van der Waals surface area contributed by atoms with Gasteiger partial charge in [0.25, 0.3) is 5.69 Å². The Kier molecular flexibility index (Phi) is 15.7. The third kappa shape index (κ3) is 13.0. The molecule has 18 heteroatoms. The van der Waals surface area contributed by atoms with Crippen molar-refractivity contribution in [3.8, 4) is 0 Å². The molecule has 208 valence electrons. The summed E-state index contributed by atoms with van der Waals surface area (Å²) in [5, 5.41) is 95.6. The van der Waals surface area contributed by atoms with Gasteiger partial charge < -0.3 is 51.1 Å². The molecule has 0 aliphatic heterocycles. The minimum absolute atomic E-state index is 0.289. The van der Waals surface area contributed by atoms with Crippen LogP contribution in [0.4, 0.5) is 5.69 Å². The van der Waals surface area contributed by atoms with Gasteiger partial charge in [0.15, 0.2) is 11.4 Å². The van der Waals surface area contributed by atoms with E-state index in [0.717, 1.165) is 6.07 Å². The normalized spacial score (nSPS) is 12.8. The predicted octanol–water partition coefficient (Wildman–Crippen LogP) is -3.33. The van der Waals surface area contributed by atoms with Crippen molar-refractivity contribution in [1.29, 1.82) is 0 Å². The van der Waals surface area contributed by atoms with Gasteiger partial charge in [-0.1, -0.05) is 12.1 Å². The number of hydrogen-bond donors (Lipinski definition) is 10. The lowest BCUT2D eigenvalue weighted by molar-refractivity contribution is -0.385. The van der Waals surface area contributed by atoms with Crippen LogP contribution in [-0.4, -0.2) is 123 Å². The van der Waals surface area contributed by atoms with Gasteiger partial charge in [0.2, 0.25) is 0 Å². The van der Waals surface area contributed by atoms with Crippen LogP contribution in [0.2, 0.25) is 0 Å². The number of aliphatic hydroxyl groups is 6. The molecule has 3 unspecified atom stereocenters. The molecule has 0 amide bonds. The van der Waals surface area contributed by atoms with Crippen molar-refractivity contribution < 1.29 is 80.0 Å². The molecule has 0 saturated carbocycles. The van der Waals surface area contributed by atoms with Gasteiger partial charge in [0.05, 0.1) is 24.4 Å². The lowest BCUT2D eigenvalue weighted by Crippen LogP contribution is -2.44. The molecule has 0 radical (unpaired) electrons. The van der Waals surface area contributed by atoms with Crippen LogP contribution in [0.3, 0.4) is 0 Å². The van der Waals surface area contributed by atoms with Gasteiger partial charge in [-0.2, -0.15) is 0 Å². The molecule has 0 spiro atoms. The Labute approximate surface area is 206 Å². The standard InChI is InChI=1S/C7H5NO4.C6H8O7.C6H12O6/c9-7(10)5-3-1-2-4-6(5)8(11)12;7-3(8)1-6(13,5(11)12)2-4(9)10;7-1-3(9)5(11)6(12)4(10)2-8/h1-4H,(H,9,10);13H,1-2H2,(H,7,8)(H,9,10)(H,11,12);3,5-9,11-12H,1-2H2. The maximum absolute atomic E-state index is 10.5. The van der Waals surface area contributed by atoms with Crippen LogP contribution in [0.1, 0.15) is 23.2 Å². The second-order valence-electron chi connectivity index (χ2n) is 6.87. The first-order valence-corrected chi connectivity index (χ1v) is 9.59. The maximum atomic E-state index is 10.5. The topological polar surface area (TPSA) is 331 Å². The number of rotatable bonds is 12. The average molecular weight is 539 g/mol. The van der Waals surface area contributed by atoms with Gasteiger partial charge in [-0.3, -0.25) is 24.5 Å². The molecule has 0 fully saturated rings. The number of nitro benzene ring substituents is 1. The van der Waals surface area contributed by atoms with Crippen molar-refractivity contribution >= 4 is 35.3 Å². The Balaban J connectivity index is 0. The first kappa shape index (κ1) is 35.1. The monoisotopic (exact) mass is 539 g/mol. The SMILES string of the molecule is O=C(CO)C(O)C(O)C(O)CO.O=C(O)CC(O)(CC(=O)O)C(=O)O.O=C(O)c1ccccc1[N+](=O)[O-]. The lowest BCUT2D eigenvalue weighted by atomic mass is 9.96. The lowest BCUT2D eigenvalue weighted by Gasteiger charge is -2.19. The number of carbonyl (C=O) groups is 5. The van der Waals surface area contributed by atoms with Crippen molar-refractivity contribution in [2.45, 2.75) is 36.8 Å². The molecule has 0 aliphatic rings. The van der Waals surface area contributed by atoms with Gasteiger partial charge in [-0.05, 0) is 6.07 Å². The smallest absolute Gasteiger partial charge is 0.342 e. The molecular formula is C19H25NO17. The van der Waals surface area contributed by atoms with Crippen LogP contribution in [0.5, 0.6) is 0 Å². The number of ketones is 1. The number of hydrogen-bond acceptors (Lipinski definition) is 13. The Bertz CT molecular complexity index is 913. The van der Waals surface area contributed by atoms with E-state index in [-0.39, 0.29) is 11.3 Å². The predicted molar refractivity (Wildman–Crippen MR) is 114 cm³/mol. The number of para-hydroxylation sites is 1. The summed E-state index contributed by atoms with van der Waals surface area (Å²) in [4.78, 5) is 61.0. The summed E-state index contributed by atoms with van der Waals surface area (Å²) in [6.07, 6.45) is -7.51. The summed E-state index contributed by atoms with van der Waals surface area (Å²) in [6, 6.07) is 5.21. The van der Waals surface area contributed by atoms with Crippen molar-refractivity contribution in [3.63, 3.8) is 0 Å². The van der Waals surface area contributed by atoms with E-state index in [9.17, 15) is 34.1 Å². The first-order chi connectivity index (χ1) is 16.9. The highest BCUT2D eigenvalue weighted by molar-refractivity contribution is 5.92. The average Bonchev–Trinajstić information content (AvgIpc) is 2.81. The molecule has 1 rings (SSSR count). The molecule has 37 heavy (non-hydrogen) atoms. The minimum atomic E-state index is -2.74. The fraction of sp³-hybridized carbons (Fsp3) is 0.421. The number of nitrogens with zero attached hydrogens (tertiary/aromatic N) is 1. The molecular weight excluding hydrogens is 514 g/mol. The van der Waals surface area contributed by atoms with E-state index in [2.05, 4.69) is 0 Å². The van der Waals surface area contributed by atoms with E-state index in [1.807, 2.05) is 0 Å². The number of aliphatic hydroxyl groups excluding tert-OH is 5. The zero-order valence-corrected chi connectivity index (χ0v) is 18.6. The molecule has 0 bridgehead atoms. The van der Waals surface area contributed by atoms with Gasteiger partial charge in [0, 0.05) is 6.07 Å². The summed E-state index contributed by atoms with van der Waals surface area (Å²) in [5.41, 5.74) is -3.41. The number of Topliss-reactive ketones (excluding diaryl/α,β-unsaturated/α-hetero) is 1. The molecule has 0 saturated heterocycles. The maximum Gasteiger partial charge on any atom is 0.342 e. The molecule has 0 aromatic heterocycles. The van der Waals surface area contributed by atoms with Crippen LogP contribution in [0, 0.1) is 10.1 Å². The number of carbonyl (C=O) groups excluding carboxylic acids is 1. The van der Waals surface area contributed by atoms with Gasteiger partial charge in [-0.25, -0.2) is 9.59 Å². The van der Waals surface area contributed by atoms with Gasteiger partial charge >= 0.3 is 23.9 Å². The van der Waals surface area contributed by atoms with E-state index in [1.165, 1.54) is 18.2 Å². The Hall–Kier alpha value is -4.07. The van der Waals surface area contributed by atoms with Crippen LogP contribution < -0.4 is 0 Å². The molecule has 0 heterocycles. The highest BCUT2D eigenvalue weighted by Gasteiger charge is 2.40. The van der Waals surface area contributed by atoms with Crippen molar-refractivity contribution in [1.82, 2.24) is 0 Å². The summed E-state index contributed by atoms with van der Waals surface area (Å²) >= 11 is 0. The third-order valence-corrected chi connectivity index (χ3v) is 4.01. The number of carboxylic acids is 4. The van der Waals surface area contributed by atoms with Crippen molar-refractivity contribution in [2.24, 2.45) is 0 Å². The fourth-order valence-corrected chi connectivity index (χ4v) is 2.13. The van der Waals surface area contributed by atoms with Gasteiger partial charge in [0.1, 0.15) is 30.5 Å². The summed E-state index contributed by atoms with van der Waals surface area (Å²) in [7, 11) is 0. The first-order valence-electron chi connectivity index (χ1n) is 9.59. The molecule has 3 atom stereocenters. The van der Waals surface area contributed by atoms with E-state index in [4.69, 9.17) is 51.1 Å². The molecule has 1 aromatic carbocycles. The molecule has 18 nitrogen and oxygen atoms in total. The van der Waals surface area contributed by atoms with Crippen molar-refractivity contribution in [3.05, 3.63) is 39.9 Å². The largest absolute Gasteiger partial charge is 0.481 e. The molecule has 0 aliphatic carbocycles. The minimum Gasteiger partial charge on any atom is -0.481 e. The molecule has 1 aromatic rings.